The molecule has 92 valence electrons. The van der Waals surface area contributed by atoms with Crippen LogP contribution in [0.25, 0.3) is 0 Å². The Balaban J connectivity index is 3.12. The van der Waals surface area contributed by atoms with Crippen LogP contribution in [-0.2, 0) is 0 Å². The number of carbonyl (C=O) groups is 1. The maximum absolute atomic E-state index is 13.4. The zero-order chi connectivity index (χ0) is 13.0. The standard InChI is InChI=1S/C12H12F3NO/c1-3-7-16(4-2)12(17)8-5-6-9(13)11(15)10(8)14/h3,5-6H,1,4,7H2,2H3. The fourth-order valence-corrected chi connectivity index (χ4v) is 1.37. The Kier molecular flexibility index (Phi) is 4.31. The molecule has 0 aliphatic carbocycles. The number of likely N-dealkylation sites (N-methyl/N-ethyl adjacent to an activating group) is 1. The minimum Gasteiger partial charge on any atom is -0.335 e. The highest BCUT2D eigenvalue weighted by Crippen LogP contribution is 2.16. The first-order chi connectivity index (χ1) is 8.02. The minimum absolute atomic E-state index is 0.216. The molecule has 1 amide bonds. The third kappa shape index (κ3) is 2.67. The van der Waals surface area contributed by atoms with Gasteiger partial charge in [-0.15, -0.1) is 6.58 Å². The first-order valence-corrected chi connectivity index (χ1v) is 5.06. The predicted octanol–water partition coefficient (Wildman–Crippen LogP) is 2.75. The average molecular weight is 243 g/mol. The Morgan fingerprint density at radius 2 is 2.00 bits per heavy atom. The van der Waals surface area contributed by atoms with Gasteiger partial charge in [0.05, 0.1) is 5.56 Å². The van der Waals surface area contributed by atoms with Crippen LogP contribution < -0.4 is 0 Å². The van der Waals surface area contributed by atoms with E-state index in [1.54, 1.807) is 6.92 Å². The molecule has 1 aromatic carbocycles. The van der Waals surface area contributed by atoms with Gasteiger partial charge in [-0.3, -0.25) is 4.79 Å². The third-order valence-corrected chi connectivity index (χ3v) is 2.28. The number of nitrogens with zero attached hydrogens (tertiary/aromatic N) is 1. The lowest BCUT2D eigenvalue weighted by Gasteiger charge is -2.19. The van der Waals surface area contributed by atoms with Gasteiger partial charge in [-0.2, -0.15) is 0 Å². The molecule has 1 aromatic rings. The van der Waals surface area contributed by atoms with Gasteiger partial charge in [-0.05, 0) is 19.1 Å². The van der Waals surface area contributed by atoms with Gasteiger partial charge in [0.25, 0.3) is 5.91 Å². The van der Waals surface area contributed by atoms with Crippen LogP contribution in [0.2, 0.25) is 0 Å². The SMILES string of the molecule is C=CCN(CC)C(=O)c1ccc(F)c(F)c1F. The van der Waals surface area contributed by atoms with Crippen molar-refractivity contribution in [1.29, 1.82) is 0 Å². The molecular formula is C12H12F3NO. The van der Waals surface area contributed by atoms with Crippen molar-refractivity contribution in [3.05, 3.63) is 47.8 Å². The van der Waals surface area contributed by atoms with Crippen molar-refractivity contribution in [3.8, 4) is 0 Å². The molecule has 0 fully saturated rings. The average Bonchev–Trinajstić information content (AvgIpc) is 2.32. The second-order valence-corrected chi connectivity index (χ2v) is 3.36. The van der Waals surface area contributed by atoms with E-state index in [9.17, 15) is 18.0 Å². The van der Waals surface area contributed by atoms with E-state index in [-0.39, 0.29) is 6.54 Å². The van der Waals surface area contributed by atoms with E-state index >= 15 is 0 Å². The molecule has 0 bridgehead atoms. The summed E-state index contributed by atoms with van der Waals surface area (Å²) in [5, 5.41) is 0. The van der Waals surface area contributed by atoms with Crippen LogP contribution in [0.3, 0.4) is 0 Å². The van der Waals surface area contributed by atoms with Gasteiger partial charge in [-0.1, -0.05) is 6.08 Å². The van der Waals surface area contributed by atoms with Gasteiger partial charge in [0, 0.05) is 13.1 Å². The van der Waals surface area contributed by atoms with Crippen molar-refractivity contribution in [1.82, 2.24) is 4.90 Å². The van der Waals surface area contributed by atoms with E-state index < -0.39 is 28.9 Å². The number of hydrogen-bond donors (Lipinski definition) is 0. The Bertz CT molecular complexity index is 446. The van der Waals surface area contributed by atoms with E-state index in [4.69, 9.17) is 0 Å². The molecule has 5 heteroatoms. The zero-order valence-corrected chi connectivity index (χ0v) is 9.34. The maximum Gasteiger partial charge on any atom is 0.257 e. The third-order valence-electron chi connectivity index (χ3n) is 2.28. The van der Waals surface area contributed by atoms with Crippen molar-refractivity contribution in [2.75, 3.05) is 13.1 Å². The summed E-state index contributed by atoms with van der Waals surface area (Å²) >= 11 is 0. The quantitative estimate of drug-likeness (QED) is 0.588. The highest BCUT2D eigenvalue weighted by atomic mass is 19.2. The number of rotatable bonds is 4. The maximum atomic E-state index is 13.4. The minimum atomic E-state index is -1.63. The van der Waals surface area contributed by atoms with E-state index in [1.165, 1.54) is 11.0 Å². The molecule has 0 radical (unpaired) electrons. The predicted molar refractivity (Wildman–Crippen MR) is 58.1 cm³/mol. The molecule has 0 aliphatic heterocycles. The molecule has 0 heterocycles. The van der Waals surface area contributed by atoms with Crippen LogP contribution in [0.5, 0.6) is 0 Å². The van der Waals surface area contributed by atoms with Crippen molar-refractivity contribution < 1.29 is 18.0 Å². The Labute approximate surface area is 97.3 Å². The topological polar surface area (TPSA) is 20.3 Å². The largest absolute Gasteiger partial charge is 0.335 e. The number of carbonyl (C=O) groups excluding carboxylic acids is 1. The molecule has 17 heavy (non-hydrogen) atoms. The number of benzene rings is 1. The summed E-state index contributed by atoms with van der Waals surface area (Å²) in [4.78, 5) is 13.1. The summed E-state index contributed by atoms with van der Waals surface area (Å²) in [6.45, 7) is 5.69. The van der Waals surface area contributed by atoms with E-state index in [0.717, 1.165) is 12.1 Å². The van der Waals surface area contributed by atoms with Gasteiger partial charge in [0.2, 0.25) is 0 Å². The van der Waals surface area contributed by atoms with Crippen molar-refractivity contribution in [3.63, 3.8) is 0 Å². The molecule has 0 atom stereocenters. The molecule has 2 nitrogen and oxygen atoms in total. The molecule has 0 saturated heterocycles. The summed E-state index contributed by atoms with van der Waals surface area (Å²) in [7, 11) is 0. The Morgan fingerprint density at radius 1 is 1.35 bits per heavy atom. The molecule has 1 rings (SSSR count). The van der Waals surface area contributed by atoms with Gasteiger partial charge in [0.15, 0.2) is 17.5 Å². The highest BCUT2D eigenvalue weighted by molar-refractivity contribution is 5.94. The molecule has 0 aliphatic rings. The zero-order valence-electron chi connectivity index (χ0n) is 9.34. The van der Waals surface area contributed by atoms with Crippen LogP contribution in [-0.4, -0.2) is 23.9 Å². The number of hydrogen-bond acceptors (Lipinski definition) is 1. The molecule has 0 N–H and O–H groups in total. The highest BCUT2D eigenvalue weighted by Gasteiger charge is 2.21. The molecule has 0 aromatic heterocycles. The molecular weight excluding hydrogens is 231 g/mol. The second kappa shape index (κ2) is 5.52. The summed E-state index contributed by atoms with van der Waals surface area (Å²) < 4.78 is 39.0. The fraction of sp³-hybridized carbons (Fsp3) is 0.250. The summed E-state index contributed by atoms with van der Waals surface area (Å²) in [5.41, 5.74) is -0.479. The van der Waals surface area contributed by atoms with Crippen LogP contribution in [0, 0.1) is 17.5 Å². The van der Waals surface area contributed by atoms with Crippen LogP contribution in [0.1, 0.15) is 17.3 Å². The number of halogens is 3. The van der Waals surface area contributed by atoms with Gasteiger partial charge < -0.3 is 4.90 Å². The lowest BCUT2D eigenvalue weighted by Crippen LogP contribution is -2.31. The molecule has 0 saturated carbocycles. The normalized spacial score (nSPS) is 10.1. The van der Waals surface area contributed by atoms with Gasteiger partial charge >= 0.3 is 0 Å². The first-order valence-electron chi connectivity index (χ1n) is 5.06. The Morgan fingerprint density at radius 3 is 2.53 bits per heavy atom. The van der Waals surface area contributed by atoms with Gasteiger partial charge in [-0.25, -0.2) is 13.2 Å². The molecule has 0 unspecified atom stereocenters. The van der Waals surface area contributed by atoms with E-state index in [1.807, 2.05) is 0 Å². The van der Waals surface area contributed by atoms with E-state index in [2.05, 4.69) is 6.58 Å². The van der Waals surface area contributed by atoms with Crippen molar-refractivity contribution >= 4 is 5.91 Å². The summed E-state index contributed by atoms with van der Waals surface area (Å²) in [5.74, 6) is -5.10. The first kappa shape index (κ1) is 13.3. The fourth-order valence-electron chi connectivity index (χ4n) is 1.37. The Hall–Kier alpha value is -1.78. The smallest absolute Gasteiger partial charge is 0.257 e. The summed E-state index contributed by atoms with van der Waals surface area (Å²) in [6, 6.07) is 1.66. The monoisotopic (exact) mass is 243 g/mol. The van der Waals surface area contributed by atoms with Crippen LogP contribution >= 0.6 is 0 Å². The van der Waals surface area contributed by atoms with Gasteiger partial charge in [0.1, 0.15) is 0 Å². The van der Waals surface area contributed by atoms with E-state index in [0.29, 0.717) is 6.54 Å². The summed E-state index contributed by atoms with van der Waals surface area (Å²) in [6.07, 6.45) is 1.47. The second-order valence-electron chi connectivity index (χ2n) is 3.36. The molecule has 0 spiro atoms. The lowest BCUT2D eigenvalue weighted by atomic mass is 10.1. The van der Waals surface area contributed by atoms with Crippen molar-refractivity contribution in [2.24, 2.45) is 0 Å². The van der Waals surface area contributed by atoms with Crippen LogP contribution in [0.4, 0.5) is 13.2 Å². The lowest BCUT2D eigenvalue weighted by molar-refractivity contribution is 0.0776. The number of amides is 1. The van der Waals surface area contributed by atoms with Crippen molar-refractivity contribution in [2.45, 2.75) is 6.92 Å². The van der Waals surface area contributed by atoms with Crippen LogP contribution in [0.15, 0.2) is 24.8 Å².